The molecule has 2 N–H and O–H groups in total. The fourth-order valence-corrected chi connectivity index (χ4v) is 1.69. The summed E-state index contributed by atoms with van der Waals surface area (Å²) in [6.45, 7) is 8.29. The summed E-state index contributed by atoms with van der Waals surface area (Å²) in [5.41, 5.74) is 8.84. The maximum atomic E-state index is 5.71. The predicted molar refractivity (Wildman–Crippen MR) is 68.7 cm³/mol. The molecule has 0 atom stereocenters. The summed E-state index contributed by atoms with van der Waals surface area (Å²) in [5.74, 6) is 0. The van der Waals surface area contributed by atoms with Gasteiger partial charge in [-0.2, -0.15) is 0 Å². The van der Waals surface area contributed by atoms with Crippen molar-refractivity contribution in [3.63, 3.8) is 0 Å². The molecular weight excluding hydrogens is 198 g/mol. The number of nitrogens with two attached hydrogens (primary N) is 1. The molecule has 16 heavy (non-hydrogen) atoms. The van der Waals surface area contributed by atoms with Crippen LogP contribution in [0.5, 0.6) is 0 Å². The minimum Gasteiger partial charge on any atom is -0.403 e. The van der Waals surface area contributed by atoms with Crippen LogP contribution in [0.1, 0.15) is 31.5 Å². The van der Waals surface area contributed by atoms with Gasteiger partial charge in [0.15, 0.2) is 0 Å². The Morgan fingerprint density at radius 3 is 2.62 bits per heavy atom. The molecule has 1 rings (SSSR count). The summed E-state index contributed by atoms with van der Waals surface area (Å²) in [5, 5.41) is 0. The Kier molecular flexibility index (Phi) is 4.83. The van der Waals surface area contributed by atoms with E-state index in [4.69, 9.17) is 5.73 Å². The van der Waals surface area contributed by atoms with E-state index in [1.807, 2.05) is 19.2 Å². The molecule has 0 aliphatic heterocycles. The molecule has 1 heterocycles. The Hall–Kier alpha value is -1.51. The first kappa shape index (κ1) is 12.6. The van der Waals surface area contributed by atoms with Crippen LogP contribution in [-0.4, -0.2) is 23.0 Å². The van der Waals surface area contributed by atoms with Crippen molar-refractivity contribution in [2.24, 2.45) is 5.73 Å². The van der Waals surface area contributed by atoms with Gasteiger partial charge in [0.05, 0.1) is 11.4 Å². The number of pyridine rings is 1. The topological polar surface area (TPSA) is 42.1 Å². The van der Waals surface area contributed by atoms with E-state index in [-0.39, 0.29) is 0 Å². The number of rotatable bonds is 5. The zero-order valence-electron chi connectivity index (χ0n) is 10.4. The molecule has 0 saturated heterocycles. The van der Waals surface area contributed by atoms with Gasteiger partial charge in [-0.1, -0.05) is 13.0 Å². The SMILES string of the molecule is CCCN(CC)/C(=C/N)c1ccc(C)cn1. The zero-order chi connectivity index (χ0) is 12.0. The van der Waals surface area contributed by atoms with E-state index in [1.54, 1.807) is 6.20 Å². The van der Waals surface area contributed by atoms with Crippen molar-refractivity contribution >= 4 is 5.70 Å². The van der Waals surface area contributed by atoms with E-state index < -0.39 is 0 Å². The molecule has 3 heteroatoms. The van der Waals surface area contributed by atoms with Crippen LogP contribution in [0, 0.1) is 6.92 Å². The molecule has 0 aliphatic rings. The lowest BCUT2D eigenvalue weighted by Crippen LogP contribution is -2.24. The highest BCUT2D eigenvalue weighted by molar-refractivity contribution is 5.60. The second kappa shape index (κ2) is 6.16. The monoisotopic (exact) mass is 219 g/mol. The molecule has 3 nitrogen and oxygen atoms in total. The summed E-state index contributed by atoms with van der Waals surface area (Å²) in [6, 6.07) is 4.08. The molecule has 1 aromatic heterocycles. The molecule has 0 aliphatic carbocycles. The van der Waals surface area contributed by atoms with Gasteiger partial charge in [-0.15, -0.1) is 0 Å². The van der Waals surface area contributed by atoms with Crippen LogP contribution in [0.25, 0.3) is 5.70 Å². The van der Waals surface area contributed by atoms with E-state index >= 15 is 0 Å². The van der Waals surface area contributed by atoms with Gasteiger partial charge >= 0.3 is 0 Å². The first-order valence-electron chi connectivity index (χ1n) is 5.82. The first-order valence-corrected chi connectivity index (χ1v) is 5.82. The Bertz CT molecular complexity index is 341. The molecule has 0 bridgehead atoms. The van der Waals surface area contributed by atoms with Crippen molar-refractivity contribution in [2.45, 2.75) is 27.2 Å². The van der Waals surface area contributed by atoms with Crippen molar-refractivity contribution < 1.29 is 0 Å². The fraction of sp³-hybridized carbons (Fsp3) is 0.462. The number of nitrogens with zero attached hydrogens (tertiary/aromatic N) is 2. The Morgan fingerprint density at radius 2 is 2.19 bits per heavy atom. The van der Waals surface area contributed by atoms with E-state index in [0.29, 0.717) is 0 Å². The summed E-state index contributed by atoms with van der Waals surface area (Å²) in [7, 11) is 0. The van der Waals surface area contributed by atoms with Crippen LogP contribution < -0.4 is 5.73 Å². The van der Waals surface area contributed by atoms with Gasteiger partial charge < -0.3 is 10.6 Å². The van der Waals surface area contributed by atoms with E-state index in [1.165, 1.54) is 5.56 Å². The molecule has 0 saturated carbocycles. The van der Waals surface area contributed by atoms with Crippen molar-refractivity contribution in [3.05, 3.63) is 35.8 Å². The lowest BCUT2D eigenvalue weighted by molar-refractivity contribution is 0.415. The van der Waals surface area contributed by atoms with Gasteiger partial charge in [0.1, 0.15) is 0 Å². The van der Waals surface area contributed by atoms with Crippen LogP contribution in [0.4, 0.5) is 0 Å². The standard InChI is InChI=1S/C13H21N3/c1-4-8-16(5-2)13(9-14)12-7-6-11(3)10-15-12/h6-7,9-10H,4-5,8,14H2,1-3H3/b13-9+. The molecule has 0 aromatic carbocycles. The van der Waals surface area contributed by atoms with Crippen LogP contribution in [0.2, 0.25) is 0 Å². The number of aromatic nitrogens is 1. The Labute approximate surface area is 98.0 Å². The molecule has 88 valence electrons. The van der Waals surface area contributed by atoms with Crippen molar-refractivity contribution in [1.82, 2.24) is 9.88 Å². The molecule has 0 amide bonds. The maximum absolute atomic E-state index is 5.71. The molecular formula is C13H21N3. The Morgan fingerprint density at radius 1 is 1.44 bits per heavy atom. The third-order valence-corrected chi connectivity index (χ3v) is 2.55. The van der Waals surface area contributed by atoms with E-state index in [9.17, 15) is 0 Å². The summed E-state index contributed by atoms with van der Waals surface area (Å²) in [4.78, 5) is 6.66. The minimum atomic E-state index is 0.948. The normalized spacial score (nSPS) is 11.6. The van der Waals surface area contributed by atoms with Crippen LogP contribution in [0.15, 0.2) is 24.5 Å². The second-order valence-electron chi connectivity index (χ2n) is 3.85. The van der Waals surface area contributed by atoms with Crippen LogP contribution in [0.3, 0.4) is 0 Å². The third-order valence-electron chi connectivity index (χ3n) is 2.55. The average Bonchev–Trinajstić information content (AvgIpc) is 2.31. The van der Waals surface area contributed by atoms with Gasteiger partial charge in [0, 0.05) is 25.5 Å². The molecule has 1 aromatic rings. The van der Waals surface area contributed by atoms with Gasteiger partial charge in [-0.3, -0.25) is 4.98 Å². The highest BCUT2D eigenvalue weighted by Gasteiger charge is 2.09. The summed E-state index contributed by atoms with van der Waals surface area (Å²) in [6.07, 6.45) is 4.63. The van der Waals surface area contributed by atoms with Gasteiger partial charge in [0.25, 0.3) is 0 Å². The first-order chi connectivity index (χ1) is 7.72. The maximum Gasteiger partial charge on any atom is 0.0878 e. The van der Waals surface area contributed by atoms with Crippen LogP contribution >= 0.6 is 0 Å². The van der Waals surface area contributed by atoms with E-state index in [2.05, 4.69) is 29.8 Å². The number of aryl methyl sites for hydroxylation is 1. The average molecular weight is 219 g/mol. The smallest absolute Gasteiger partial charge is 0.0878 e. The lowest BCUT2D eigenvalue weighted by Gasteiger charge is -2.24. The highest BCUT2D eigenvalue weighted by Crippen LogP contribution is 2.16. The van der Waals surface area contributed by atoms with Gasteiger partial charge in [0.2, 0.25) is 0 Å². The fourth-order valence-electron chi connectivity index (χ4n) is 1.69. The van der Waals surface area contributed by atoms with Crippen molar-refractivity contribution in [3.8, 4) is 0 Å². The number of hydrogen-bond acceptors (Lipinski definition) is 3. The van der Waals surface area contributed by atoms with E-state index in [0.717, 1.165) is 30.9 Å². The van der Waals surface area contributed by atoms with Crippen LogP contribution in [-0.2, 0) is 0 Å². The largest absolute Gasteiger partial charge is 0.403 e. The second-order valence-corrected chi connectivity index (χ2v) is 3.85. The van der Waals surface area contributed by atoms with Crippen molar-refractivity contribution in [1.29, 1.82) is 0 Å². The van der Waals surface area contributed by atoms with Gasteiger partial charge in [-0.05, 0) is 31.9 Å². The Balaban J connectivity index is 2.93. The highest BCUT2D eigenvalue weighted by atomic mass is 15.1. The predicted octanol–water partition coefficient (Wildman–Crippen LogP) is 2.38. The summed E-state index contributed by atoms with van der Waals surface area (Å²) >= 11 is 0. The third kappa shape index (κ3) is 2.99. The molecule has 0 radical (unpaired) electrons. The van der Waals surface area contributed by atoms with Gasteiger partial charge in [-0.25, -0.2) is 0 Å². The molecule has 0 spiro atoms. The minimum absolute atomic E-state index is 0.948. The quantitative estimate of drug-likeness (QED) is 0.826. The zero-order valence-corrected chi connectivity index (χ0v) is 10.4. The molecule has 0 unspecified atom stereocenters. The summed E-state index contributed by atoms with van der Waals surface area (Å²) < 4.78 is 0. The number of hydrogen-bond donors (Lipinski definition) is 1. The molecule has 0 fully saturated rings. The lowest BCUT2D eigenvalue weighted by atomic mass is 10.2. The van der Waals surface area contributed by atoms with Crippen molar-refractivity contribution in [2.75, 3.05) is 13.1 Å².